The van der Waals surface area contributed by atoms with E-state index in [2.05, 4.69) is 36.6 Å². The summed E-state index contributed by atoms with van der Waals surface area (Å²) < 4.78 is 0. The van der Waals surface area contributed by atoms with Crippen LogP contribution in [0, 0.1) is 26.7 Å². The third-order valence-electron chi connectivity index (χ3n) is 4.64. The van der Waals surface area contributed by atoms with Gasteiger partial charge >= 0.3 is 0 Å². The molecule has 0 radical (unpaired) electrons. The molecule has 21 heavy (non-hydrogen) atoms. The number of benzene rings is 1. The van der Waals surface area contributed by atoms with Gasteiger partial charge in [0, 0.05) is 18.2 Å². The standard InChI is InChI=1S/C18H28N2O/c1-5-15-7-6-8-19-16(15)11-20-18(21)17-13(3)9-12(2)10-14(17)4/h9-10,15-16,19H,5-8,11H2,1-4H3,(H,20,21). The number of nitrogens with one attached hydrogen (secondary N) is 2. The molecular weight excluding hydrogens is 260 g/mol. The summed E-state index contributed by atoms with van der Waals surface area (Å²) in [4.78, 5) is 12.5. The van der Waals surface area contributed by atoms with E-state index in [9.17, 15) is 4.79 Å². The maximum absolute atomic E-state index is 12.5. The molecule has 2 rings (SSSR count). The molecule has 1 aliphatic rings. The van der Waals surface area contributed by atoms with Crippen molar-refractivity contribution in [2.45, 2.75) is 53.0 Å². The van der Waals surface area contributed by atoms with Gasteiger partial charge in [0.15, 0.2) is 0 Å². The minimum atomic E-state index is 0.0622. The fourth-order valence-electron chi connectivity index (χ4n) is 3.58. The van der Waals surface area contributed by atoms with Crippen LogP contribution in [0.15, 0.2) is 12.1 Å². The predicted octanol–water partition coefficient (Wildman–Crippen LogP) is 3.12. The monoisotopic (exact) mass is 288 g/mol. The van der Waals surface area contributed by atoms with Gasteiger partial charge in [-0.2, -0.15) is 0 Å². The number of rotatable bonds is 4. The molecule has 1 aliphatic heterocycles. The fourth-order valence-corrected chi connectivity index (χ4v) is 3.58. The zero-order chi connectivity index (χ0) is 15.4. The molecule has 2 atom stereocenters. The molecule has 1 fully saturated rings. The number of hydrogen-bond donors (Lipinski definition) is 2. The predicted molar refractivity (Wildman–Crippen MR) is 87.8 cm³/mol. The van der Waals surface area contributed by atoms with Crippen LogP contribution < -0.4 is 10.6 Å². The van der Waals surface area contributed by atoms with Crippen LogP contribution in [-0.2, 0) is 0 Å². The van der Waals surface area contributed by atoms with Crippen molar-refractivity contribution in [2.24, 2.45) is 5.92 Å². The van der Waals surface area contributed by atoms with Crippen LogP contribution in [0.2, 0.25) is 0 Å². The van der Waals surface area contributed by atoms with Crippen LogP contribution in [0.3, 0.4) is 0 Å². The summed E-state index contributed by atoms with van der Waals surface area (Å²) in [7, 11) is 0. The number of hydrogen-bond acceptors (Lipinski definition) is 2. The Balaban J connectivity index is 2.02. The second-order valence-electron chi connectivity index (χ2n) is 6.35. The molecule has 2 unspecified atom stereocenters. The van der Waals surface area contributed by atoms with E-state index in [1.165, 1.54) is 24.8 Å². The van der Waals surface area contributed by atoms with E-state index in [1.54, 1.807) is 0 Å². The highest BCUT2D eigenvalue weighted by Crippen LogP contribution is 2.20. The number of piperidine rings is 1. The third kappa shape index (κ3) is 3.85. The largest absolute Gasteiger partial charge is 0.350 e. The van der Waals surface area contributed by atoms with E-state index in [-0.39, 0.29) is 5.91 Å². The van der Waals surface area contributed by atoms with Gasteiger partial charge in [0.05, 0.1) is 0 Å². The van der Waals surface area contributed by atoms with E-state index in [1.807, 2.05) is 13.8 Å². The van der Waals surface area contributed by atoms with Crippen molar-refractivity contribution >= 4 is 5.91 Å². The molecule has 2 N–H and O–H groups in total. The molecule has 1 aromatic carbocycles. The average Bonchev–Trinajstić information content (AvgIpc) is 2.44. The maximum Gasteiger partial charge on any atom is 0.251 e. The molecule has 3 nitrogen and oxygen atoms in total. The van der Waals surface area contributed by atoms with Gasteiger partial charge in [-0.3, -0.25) is 4.79 Å². The summed E-state index contributed by atoms with van der Waals surface area (Å²) in [5.41, 5.74) is 4.17. The minimum Gasteiger partial charge on any atom is -0.350 e. The molecule has 0 bridgehead atoms. The summed E-state index contributed by atoms with van der Waals surface area (Å²) >= 11 is 0. The number of carbonyl (C=O) groups is 1. The molecular formula is C18H28N2O. The number of amides is 1. The SMILES string of the molecule is CCC1CCCNC1CNC(=O)c1c(C)cc(C)cc1C. The van der Waals surface area contributed by atoms with Gasteiger partial charge in [0.2, 0.25) is 0 Å². The quantitative estimate of drug-likeness (QED) is 0.894. The lowest BCUT2D eigenvalue weighted by Gasteiger charge is -2.32. The van der Waals surface area contributed by atoms with Crippen LogP contribution >= 0.6 is 0 Å². The molecule has 0 aromatic heterocycles. The molecule has 0 aliphatic carbocycles. The highest BCUT2D eigenvalue weighted by atomic mass is 16.1. The third-order valence-corrected chi connectivity index (χ3v) is 4.64. The summed E-state index contributed by atoms with van der Waals surface area (Å²) in [6.07, 6.45) is 3.70. The van der Waals surface area contributed by atoms with Crippen molar-refractivity contribution in [1.29, 1.82) is 0 Å². The lowest BCUT2D eigenvalue weighted by molar-refractivity contribution is 0.0941. The molecule has 0 saturated carbocycles. The van der Waals surface area contributed by atoms with Crippen molar-refractivity contribution < 1.29 is 4.79 Å². The Hall–Kier alpha value is -1.35. The summed E-state index contributed by atoms with van der Waals surface area (Å²) in [6, 6.07) is 4.57. The lowest BCUT2D eigenvalue weighted by Crippen LogP contribution is -2.48. The van der Waals surface area contributed by atoms with Gasteiger partial charge in [-0.1, -0.05) is 31.0 Å². The zero-order valence-electron chi connectivity index (χ0n) is 13.8. The van der Waals surface area contributed by atoms with E-state index in [0.717, 1.165) is 29.8 Å². The second kappa shape index (κ2) is 7.08. The van der Waals surface area contributed by atoms with E-state index < -0.39 is 0 Å². The van der Waals surface area contributed by atoms with Gasteiger partial charge in [-0.05, 0) is 57.2 Å². The van der Waals surface area contributed by atoms with Crippen molar-refractivity contribution in [3.8, 4) is 0 Å². The fraction of sp³-hybridized carbons (Fsp3) is 0.611. The summed E-state index contributed by atoms with van der Waals surface area (Å²) in [6.45, 7) is 10.1. The molecule has 0 spiro atoms. The van der Waals surface area contributed by atoms with Gasteiger partial charge in [0.1, 0.15) is 0 Å². The van der Waals surface area contributed by atoms with Crippen LogP contribution in [0.4, 0.5) is 0 Å². The number of carbonyl (C=O) groups excluding carboxylic acids is 1. The molecule has 1 aromatic rings. The van der Waals surface area contributed by atoms with Gasteiger partial charge in [0.25, 0.3) is 5.91 Å². The highest BCUT2D eigenvalue weighted by molar-refractivity contribution is 5.97. The second-order valence-corrected chi connectivity index (χ2v) is 6.35. The van der Waals surface area contributed by atoms with Gasteiger partial charge in [-0.25, -0.2) is 0 Å². The van der Waals surface area contributed by atoms with Crippen molar-refractivity contribution in [1.82, 2.24) is 10.6 Å². The van der Waals surface area contributed by atoms with Crippen LogP contribution in [0.25, 0.3) is 0 Å². The minimum absolute atomic E-state index is 0.0622. The van der Waals surface area contributed by atoms with Crippen molar-refractivity contribution in [2.75, 3.05) is 13.1 Å². The Labute approximate surface area is 128 Å². The van der Waals surface area contributed by atoms with Crippen LogP contribution in [0.5, 0.6) is 0 Å². The Morgan fingerprint density at radius 3 is 2.57 bits per heavy atom. The first kappa shape index (κ1) is 16.0. The molecule has 1 amide bonds. The maximum atomic E-state index is 12.5. The van der Waals surface area contributed by atoms with Crippen molar-refractivity contribution in [3.63, 3.8) is 0 Å². The molecule has 116 valence electrons. The highest BCUT2D eigenvalue weighted by Gasteiger charge is 2.24. The summed E-state index contributed by atoms with van der Waals surface area (Å²) in [5.74, 6) is 0.742. The van der Waals surface area contributed by atoms with Crippen LogP contribution in [0.1, 0.15) is 53.2 Å². The smallest absolute Gasteiger partial charge is 0.251 e. The van der Waals surface area contributed by atoms with Gasteiger partial charge < -0.3 is 10.6 Å². The summed E-state index contributed by atoms with van der Waals surface area (Å²) in [5, 5.41) is 6.68. The average molecular weight is 288 g/mol. The Bertz CT molecular complexity index is 487. The molecule has 3 heteroatoms. The van der Waals surface area contributed by atoms with E-state index >= 15 is 0 Å². The lowest BCUT2D eigenvalue weighted by atomic mass is 9.88. The normalized spacial score (nSPS) is 22.1. The first-order valence-electron chi connectivity index (χ1n) is 8.12. The zero-order valence-corrected chi connectivity index (χ0v) is 13.8. The number of aryl methyl sites for hydroxylation is 3. The Morgan fingerprint density at radius 1 is 1.29 bits per heavy atom. The first-order chi connectivity index (χ1) is 10.0. The van der Waals surface area contributed by atoms with Crippen molar-refractivity contribution in [3.05, 3.63) is 34.4 Å². The van der Waals surface area contributed by atoms with Crippen LogP contribution in [-0.4, -0.2) is 25.0 Å². The van der Waals surface area contributed by atoms with Gasteiger partial charge in [-0.15, -0.1) is 0 Å². The Morgan fingerprint density at radius 2 is 1.95 bits per heavy atom. The molecule has 1 saturated heterocycles. The Kier molecular flexibility index (Phi) is 5.40. The van der Waals surface area contributed by atoms with E-state index in [0.29, 0.717) is 12.0 Å². The first-order valence-corrected chi connectivity index (χ1v) is 8.12. The molecule has 1 heterocycles. The van der Waals surface area contributed by atoms with E-state index in [4.69, 9.17) is 0 Å². The topological polar surface area (TPSA) is 41.1 Å².